The molecule has 0 radical (unpaired) electrons. The van der Waals surface area contributed by atoms with Gasteiger partial charge < -0.3 is 0 Å². The standard InChI is InChI=1S/C11H27N3Si/c1-12-11(9-15,13-2)14(3)10-7-5-4-6-8-10/h10,12-13H,4-9H2,1-3,15H3. The molecular weight excluding hydrogens is 202 g/mol. The Morgan fingerprint density at radius 1 is 1.20 bits per heavy atom. The first-order valence-electron chi connectivity index (χ1n) is 6.31. The second kappa shape index (κ2) is 5.99. The minimum Gasteiger partial charge on any atom is -0.290 e. The topological polar surface area (TPSA) is 27.3 Å². The summed E-state index contributed by atoms with van der Waals surface area (Å²) in [5.74, 6) is 0.0359. The van der Waals surface area contributed by atoms with Gasteiger partial charge in [-0.15, -0.1) is 0 Å². The SMILES string of the molecule is CNC(C[SiH3])(NC)N(C)C1CCCCC1. The van der Waals surface area contributed by atoms with Crippen molar-refractivity contribution in [3.63, 3.8) is 0 Å². The van der Waals surface area contributed by atoms with Crippen LogP contribution in [-0.4, -0.2) is 48.1 Å². The molecule has 0 spiro atoms. The van der Waals surface area contributed by atoms with Crippen LogP contribution in [0.5, 0.6) is 0 Å². The average molecular weight is 229 g/mol. The smallest absolute Gasteiger partial charge is 0.122 e. The van der Waals surface area contributed by atoms with Crippen molar-refractivity contribution in [2.24, 2.45) is 0 Å². The third-order valence-electron chi connectivity index (χ3n) is 4.06. The maximum absolute atomic E-state index is 3.46. The van der Waals surface area contributed by atoms with E-state index in [1.807, 2.05) is 0 Å². The maximum atomic E-state index is 3.46. The second-order valence-corrected chi connectivity index (χ2v) is 5.32. The molecule has 1 aliphatic rings. The summed E-state index contributed by atoms with van der Waals surface area (Å²) in [7, 11) is 7.61. The van der Waals surface area contributed by atoms with Gasteiger partial charge in [-0.1, -0.05) is 19.3 Å². The van der Waals surface area contributed by atoms with Gasteiger partial charge in [-0.3, -0.25) is 15.5 Å². The lowest BCUT2D eigenvalue weighted by Crippen LogP contribution is -2.66. The van der Waals surface area contributed by atoms with Crippen molar-refractivity contribution in [2.45, 2.75) is 50.0 Å². The first-order chi connectivity index (χ1) is 7.20. The van der Waals surface area contributed by atoms with Crippen LogP contribution < -0.4 is 10.6 Å². The summed E-state index contributed by atoms with van der Waals surface area (Å²) in [6.45, 7) is 0. The van der Waals surface area contributed by atoms with Crippen molar-refractivity contribution in [3.05, 3.63) is 0 Å². The van der Waals surface area contributed by atoms with Gasteiger partial charge in [0.2, 0.25) is 0 Å². The summed E-state index contributed by atoms with van der Waals surface area (Å²) in [5, 5.41) is 6.92. The van der Waals surface area contributed by atoms with Crippen molar-refractivity contribution >= 4 is 10.2 Å². The monoisotopic (exact) mass is 229 g/mol. The molecule has 0 atom stereocenters. The summed E-state index contributed by atoms with van der Waals surface area (Å²) in [5.41, 5.74) is 0. The molecule has 0 aromatic rings. The molecule has 1 saturated carbocycles. The van der Waals surface area contributed by atoms with Crippen molar-refractivity contribution < 1.29 is 0 Å². The second-order valence-electron chi connectivity index (χ2n) is 4.62. The number of hydrogen-bond donors (Lipinski definition) is 2. The molecule has 0 bridgehead atoms. The predicted octanol–water partition coefficient (Wildman–Crippen LogP) is 0.127. The lowest BCUT2D eigenvalue weighted by atomic mass is 9.93. The highest BCUT2D eigenvalue weighted by atomic mass is 28.1. The molecule has 3 nitrogen and oxygen atoms in total. The van der Waals surface area contributed by atoms with E-state index >= 15 is 0 Å². The van der Waals surface area contributed by atoms with E-state index in [0.717, 1.165) is 6.04 Å². The zero-order valence-electron chi connectivity index (χ0n) is 10.8. The Balaban J connectivity index is 2.65. The molecule has 4 heteroatoms. The molecular formula is C11H27N3Si. The largest absolute Gasteiger partial charge is 0.290 e. The van der Waals surface area contributed by atoms with Crippen molar-refractivity contribution in [2.75, 3.05) is 21.1 Å². The van der Waals surface area contributed by atoms with Gasteiger partial charge in [0.05, 0.1) is 0 Å². The van der Waals surface area contributed by atoms with E-state index in [1.54, 1.807) is 0 Å². The summed E-state index contributed by atoms with van der Waals surface area (Å²) < 4.78 is 0. The van der Waals surface area contributed by atoms with Crippen LogP contribution in [-0.2, 0) is 0 Å². The van der Waals surface area contributed by atoms with Gasteiger partial charge in [-0.2, -0.15) is 0 Å². The van der Waals surface area contributed by atoms with E-state index < -0.39 is 0 Å². The van der Waals surface area contributed by atoms with Gasteiger partial charge >= 0.3 is 0 Å². The normalized spacial score (nSPS) is 20.0. The van der Waals surface area contributed by atoms with E-state index in [9.17, 15) is 0 Å². The van der Waals surface area contributed by atoms with Crippen LogP contribution >= 0.6 is 0 Å². The fraction of sp³-hybridized carbons (Fsp3) is 1.00. The first-order valence-corrected chi connectivity index (χ1v) is 7.72. The highest BCUT2D eigenvalue weighted by Crippen LogP contribution is 2.25. The molecule has 0 unspecified atom stereocenters. The van der Waals surface area contributed by atoms with Gasteiger partial charge in [0.15, 0.2) is 0 Å². The molecule has 1 fully saturated rings. The van der Waals surface area contributed by atoms with Gasteiger partial charge in [0.1, 0.15) is 5.79 Å². The predicted molar refractivity (Wildman–Crippen MR) is 70.2 cm³/mol. The molecule has 1 rings (SSSR count). The van der Waals surface area contributed by atoms with Crippen molar-refractivity contribution in [1.82, 2.24) is 15.5 Å². The third-order valence-corrected chi connectivity index (χ3v) is 5.09. The molecule has 0 saturated heterocycles. The van der Waals surface area contributed by atoms with Crippen LogP contribution in [0.2, 0.25) is 6.04 Å². The van der Waals surface area contributed by atoms with Crippen LogP contribution in [0.1, 0.15) is 32.1 Å². The Hall–Kier alpha value is 0.0969. The van der Waals surface area contributed by atoms with E-state index in [1.165, 1.54) is 48.4 Å². The number of nitrogens with one attached hydrogen (secondary N) is 2. The summed E-state index contributed by atoms with van der Waals surface area (Å²) >= 11 is 0. The van der Waals surface area contributed by atoms with Gasteiger partial charge in [-0.25, -0.2) is 0 Å². The molecule has 2 N–H and O–H groups in total. The van der Waals surface area contributed by atoms with Crippen LogP contribution in [0.4, 0.5) is 0 Å². The Labute approximate surface area is 97.4 Å². The summed E-state index contributed by atoms with van der Waals surface area (Å²) in [4.78, 5) is 2.53. The lowest BCUT2D eigenvalue weighted by Gasteiger charge is -2.46. The molecule has 0 aromatic carbocycles. The minimum absolute atomic E-state index is 0.0359. The highest BCUT2D eigenvalue weighted by Gasteiger charge is 2.33. The van der Waals surface area contributed by atoms with Crippen LogP contribution in [0, 0.1) is 0 Å². The number of rotatable bonds is 5. The number of nitrogens with zero attached hydrogens (tertiary/aromatic N) is 1. The molecule has 0 aromatic heterocycles. The highest BCUT2D eigenvalue weighted by molar-refractivity contribution is 6.09. The summed E-state index contributed by atoms with van der Waals surface area (Å²) in [6, 6.07) is 1.97. The summed E-state index contributed by atoms with van der Waals surface area (Å²) in [6.07, 6.45) is 6.96. The fourth-order valence-corrected chi connectivity index (χ4v) is 4.07. The Morgan fingerprint density at radius 2 is 1.73 bits per heavy atom. The van der Waals surface area contributed by atoms with Crippen LogP contribution in [0.25, 0.3) is 0 Å². The number of hydrogen-bond acceptors (Lipinski definition) is 3. The minimum atomic E-state index is 0.0359. The maximum Gasteiger partial charge on any atom is 0.122 e. The van der Waals surface area contributed by atoms with E-state index in [4.69, 9.17) is 0 Å². The van der Waals surface area contributed by atoms with Crippen molar-refractivity contribution in [3.8, 4) is 0 Å². The molecule has 15 heavy (non-hydrogen) atoms. The zero-order valence-corrected chi connectivity index (χ0v) is 12.8. The van der Waals surface area contributed by atoms with E-state index in [-0.39, 0.29) is 5.79 Å². The van der Waals surface area contributed by atoms with Crippen molar-refractivity contribution in [1.29, 1.82) is 0 Å². The Morgan fingerprint density at radius 3 is 2.13 bits per heavy atom. The molecule has 0 aliphatic heterocycles. The van der Waals surface area contributed by atoms with Crippen LogP contribution in [0.3, 0.4) is 0 Å². The average Bonchev–Trinajstić information content (AvgIpc) is 2.33. The molecule has 0 amide bonds. The van der Waals surface area contributed by atoms with Gasteiger partial charge in [0, 0.05) is 16.3 Å². The lowest BCUT2D eigenvalue weighted by molar-refractivity contribution is 0.0240. The van der Waals surface area contributed by atoms with E-state index in [2.05, 4.69) is 36.7 Å². The first kappa shape index (κ1) is 13.2. The molecule has 1 aliphatic carbocycles. The zero-order chi connectivity index (χ0) is 11.3. The molecule has 0 heterocycles. The third kappa shape index (κ3) is 2.81. The molecule has 90 valence electrons. The Kier molecular flexibility index (Phi) is 5.25. The van der Waals surface area contributed by atoms with Gasteiger partial charge in [-0.05, 0) is 40.0 Å². The fourth-order valence-electron chi connectivity index (χ4n) is 2.86. The van der Waals surface area contributed by atoms with E-state index in [0.29, 0.717) is 0 Å². The Bertz CT molecular complexity index is 168. The van der Waals surface area contributed by atoms with Gasteiger partial charge in [0.25, 0.3) is 0 Å². The van der Waals surface area contributed by atoms with Crippen LogP contribution in [0.15, 0.2) is 0 Å². The quantitative estimate of drug-likeness (QED) is 0.518.